The van der Waals surface area contributed by atoms with Crippen molar-refractivity contribution in [1.29, 1.82) is 0 Å². The standard InChI is InChI=1S/C35H71NO2/c1-4-7-9-11-13-15-17-19-21-23-25-27-29-31-34(37)33(6-3)36-35(38)32-30-28-26-24-22-20-18-16-14-12-10-8-5-2/h33-34,37H,4-32H2,1-3H3,(H,36,38)/t33-,34+/m0/s1. The average molecular weight is 538 g/mol. The Morgan fingerprint density at radius 2 is 0.816 bits per heavy atom. The van der Waals surface area contributed by atoms with Crippen molar-refractivity contribution >= 4 is 5.91 Å². The minimum absolute atomic E-state index is 0.0817. The number of aliphatic hydroxyl groups excluding tert-OH is 1. The van der Waals surface area contributed by atoms with Crippen molar-refractivity contribution < 1.29 is 9.90 Å². The third-order valence-electron chi connectivity index (χ3n) is 8.36. The Kier molecular flexibility index (Phi) is 30.5. The lowest BCUT2D eigenvalue weighted by atomic mass is 10.00. The van der Waals surface area contributed by atoms with Crippen molar-refractivity contribution in [3.05, 3.63) is 0 Å². The Bertz CT molecular complexity index is 467. The van der Waals surface area contributed by atoms with Crippen molar-refractivity contribution in [3.63, 3.8) is 0 Å². The molecule has 0 aromatic carbocycles. The Balaban J connectivity index is 3.55. The summed E-state index contributed by atoms with van der Waals surface area (Å²) in [7, 11) is 0. The number of unbranched alkanes of at least 4 members (excludes halogenated alkanes) is 24. The molecule has 38 heavy (non-hydrogen) atoms. The lowest BCUT2D eigenvalue weighted by Crippen LogP contribution is -2.42. The van der Waals surface area contributed by atoms with E-state index in [0.717, 1.165) is 32.1 Å². The van der Waals surface area contributed by atoms with Gasteiger partial charge in [-0.25, -0.2) is 0 Å². The number of hydrogen-bond acceptors (Lipinski definition) is 2. The van der Waals surface area contributed by atoms with Gasteiger partial charge in [-0.1, -0.05) is 181 Å². The fourth-order valence-corrected chi connectivity index (χ4v) is 5.63. The normalized spacial score (nSPS) is 13.1. The maximum Gasteiger partial charge on any atom is 0.220 e. The molecule has 0 spiro atoms. The van der Waals surface area contributed by atoms with E-state index >= 15 is 0 Å². The molecule has 1 amide bonds. The maximum atomic E-state index is 12.4. The Labute approximate surface area is 240 Å². The SMILES string of the molecule is CCCCCCCCCCCCCCCC(=O)N[C@@H](CC)[C@H](O)CCCCCCCCCCCCCCC. The molecule has 0 aromatic rings. The summed E-state index contributed by atoms with van der Waals surface area (Å²) in [6.07, 6.45) is 36.5. The summed E-state index contributed by atoms with van der Waals surface area (Å²) in [6, 6.07) is -0.0817. The number of carbonyl (C=O) groups excluding carboxylic acids is 1. The summed E-state index contributed by atoms with van der Waals surface area (Å²) < 4.78 is 0. The molecule has 0 aliphatic rings. The molecule has 228 valence electrons. The summed E-state index contributed by atoms with van der Waals surface area (Å²) in [5.41, 5.74) is 0. The van der Waals surface area contributed by atoms with Gasteiger partial charge in [0.05, 0.1) is 12.1 Å². The fraction of sp³-hybridized carbons (Fsp3) is 0.971. The van der Waals surface area contributed by atoms with Gasteiger partial charge in [0.25, 0.3) is 0 Å². The molecule has 3 heteroatoms. The predicted octanol–water partition coefficient (Wildman–Crippen LogP) is 11.2. The number of carbonyl (C=O) groups is 1. The van der Waals surface area contributed by atoms with Crippen LogP contribution in [0, 0.1) is 0 Å². The number of rotatable bonds is 31. The third kappa shape index (κ3) is 27.0. The second-order valence-corrected chi connectivity index (χ2v) is 12.2. The van der Waals surface area contributed by atoms with Gasteiger partial charge in [-0.15, -0.1) is 0 Å². The van der Waals surface area contributed by atoms with Crippen LogP contribution in [0.25, 0.3) is 0 Å². The Morgan fingerprint density at radius 3 is 1.16 bits per heavy atom. The monoisotopic (exact) mass is 538 g/mol. The molecule has 0 radical (unpaired) electrons. The van der Waals surface area contributed by atoms with Crippen LogP contribution in [-0.2, 0) is 4.79 Å². The van der Waals surface area contributed by atoms with Crippen molar-refractivity contribution in [1.82, 2.24) is 5.32 Å². The maximum absolute atomic E-state index is 12.4. The molecule has 0 aliphatic carbocycles. The molecule has 0 heterocycles. The molecular weight excluding hydrogens is 466 g/mol. The van der Waals surface area contributed by atoms with Crippen LogP contribution in [0.15, 0.2) is 0 Å². The van der Waals surface area contributed by atoms with Gasteiger partial charge in [-0.3, -0.25) is 4.79 Å². The number of amides is 1. The van der Waals surface area contributed by atoms with Crippen LogP contribution in [0.5, 0.6) is 0 Å². The van der Waals surface area contributed by atoms with Crippen molar-refractivity contribution in [2.45, 2.75) is 219 Å². The minimum atomic E-state index is -0.400. The minimum Gasteiger partial charge on any atom is -0.391 e. The Morgan fingerprint density at radius 1 is 0.500 bits per heavy atom. The van der Waals surface area contributed by atoms with Gasteiger partial charge in [0.15, 0.2) is 0 Å². The summed E-state index contributed by atoms with van der Waals surface area (Å²) in [5.74, 6) is 0.129. The van der Waals surface area contributed by atoms with Crippen LogP contribution < -0.4 is 5.32 Å². The van der Waals surface area contributed by atoms with Gasteiger partial charge >= 0.3 is 0 Å². The highest BCUT2D eigenvalue weighted by Gasteiger charge is 2.18. The van der Waals surface area contributed by atoms with E-state index in [1.54, 1.807) is 0 Å². The van der Waals surface area contributed by atoms with E-state index in [0.29, 0.717) is 6.42 Å². The molecule has 0 bridgehead atoms. The van der Waals surface area contributed by atoms with Crippen molar-refractivity contribution in [2.75, 3.05) is 0 Å². The highest BCUT2D eigenvalue weighted by molar-refractivity contribution is 5.76. The van der Waals surface area contributed by atoms with E-state index < -0.39 is 6.10 Å². The molecule has 0 saturated carbocycles. The molecule has 0 fully saturated rings. The first-order chi connectivity index (χ1) is 18.7. The smallest absolute Gasteiger partial charge is 0.220 e. The number of hydrogen-bond donors (Lipinski definition) is 2. The van der Waals surface area contributed by atoms with Gasteiger partial charge < -0.3 is 10.4 Å². The van der Waals surface area contributed by atoms with Crippen molar-refractivity contribution in [3.8, 4) is 0 Å². The lowest BCUT2D eigenvalue weighted by Gasteiger charge is -2.23. The van der Waals surface area contributed by atoms with E-state index in [9.17, 15) is 9.90 Å². The molecule has 2 atom stereocenters. The quantitative estimate of drug-likeness (QED) is 0.0864. The van der Waals surface area contributed by atoms with Crippen LogP contribution in [-0.4, -0.2) is 23.2 Å². The number of aliphatic hydroxyl groups is 1. The molecule has 0 aliphatic heterocycles. The highest BCUT2D eigenvalue weighted by atomic mass is 16.3. The first-order valence-electron chi connectivity index (χ1n) is 17.6. The summed E-state index contributed by atoms with van der Waals surface area (Å²) in [6.45, 7) is 6.63. The second kappa shape index (κ2) is 31.0. The molecule has 0 rings (SSSR count). The van der Waals surface area contributed by atoms with Gasteiger partial charge in [-0.2, -0.15) is 0 Å². The van der Waals surface area contributed by atoms with E-state index in [4.69, 9.17) is 0 Å². The largest absolute Gasteiger partial charge is 0.391 e. The number of nitrogens with one attached hydrogen (secondary N) is 1. The topological polar surface area (TPSA) is 49.3 Å². The Hall–Kier alpha value is -0.570. The molecule has 0 aromatic heterocycles. The van der Waals surface area contributed by atoms with Crippen LogP contribution >= 0.6 is 0 Å². The summed E-state index contributed by atoms with van der Waals surface area (Å²) in [4.78, 5) is 12.4. The fourth-order valence-electron chi connectivity index (χ4n) is 5.63. The highest BCUT2D eigenvalue weighted by Crippen LogP contribution is 2.16. The van der Waals surface area contributed by atoms with Gasteiger partial charge in [0.1, 0.15) is 0 Å². The molecule has 0 unspecified atom stereocenters. The predicted molar refractivity (Wildman–Crippen MR) is 169 cm³/mol. The van der Waals surface area contributed by atoms with E-state index in [2.05, 4.69) is 26.1 Å². The molecular formula is C35H71NO2. The van der Waals surface area contributed by atoms with E-state index in [1.165, 1.54) is 148 Å². The molecule has 0 saturated heterocycles. The van der Waals surface area contributed by atoms with Crippen LogP contribution in [0.2, 0.25) is 0 Å². The first kappa shape index (κ1) is 37.4. The third-order valence-corrected chi connectivity index (χ3v) is 8.36. The zero-order chi connectivity index (χ0) is 27.9. The van der Waals surface area contributed by atoms with E-state index in [1.807, 2.05) is 0 Å². The summed E-state index contributed by atoms with van der Waals surface area (Å²) >= 11 is 0. The average Bonchev–Trinajstić information content (AvgIpc) is 2.92. The first-order valence-corrected chi connectivity index (χ1v) is 17.6. The lowest BCUT2D eigenvalue weighted by molar-refractivity contribution is -0.122. The van der Waals surface area contributed by atoms with Gasteiger partial charge in [0, 0.05) is 6.42 Å². The summed E-state index contributed by atoms with van der Waals surface area (Å²) in [5, 5.41) is 13.7. The zero-order valence-corrected chi connectivity index (χ0v) is 26.5. The van der Waals surface area contributed by atoms with Crippen LogP contribution in [0.1, 0.15) is 207 Å². The molecule has 2 N–H and O–H groups in total. The van der Waals surface area contributed by atoms with Gasteiger partial charge in [-0.05, 0) is 19.3 Å². The van der Waals surface area contributed by atoms with Crippen molar-refractivity contribution in [2.24, 2.45) is 0 Å². The molecule has 3 nitrogen and oxygen atoms in total. The van der Waals surface area contributed by atoms with Gasteiger partial charge in [0.2, 0.25) is 5.91 Å². The van der Waals surface area contributed by atoms with Crippen LogP contribution in [0.3, 0.4) is 0 Å². The zero-order valence-electron chi connectivity index (χ0n) is 26.5. The van der Waals surface area contributed by atoms with Crippen LogP contribution in [0.4, 0.5) is 0 Å². The van der Waals surface area contributed by atoms with E-state index in [-0.39, 0.29) is 11.9 Å². The second-order valence-electron chi connectivity index (χ2n) is 12.2.